The number of hydrogen-bond donors (Lipinski definition) is 1. The van der Waals surface area contributed by atoms with Crippen molar-refractivity contribution < 1.29 is 0 Å². The molecule has 1 rings (SSSR count). The molecule has 4 heteroatoms. The minimum absolute atomic E-state index is 0.733. The summed E-state index contributed by atoms with van der Waals surface area (Å²) in [5.74, 6) is 0.866. The molecule has 13 heavy (non-hydrogen) atoms. The van der Waals surface area contributed by atoms with Gasteiger partial charge in [0.25, 0.3) is 0 Å². The molecule has 1 heterocycles. The third kappa shape index (κ3) is 3.32. The SMILES string of the molecule is CCCNc1ccc(N=C=S)cn1. The molecule has 0 aliphatic rings. The molecule has 0 atom stereocenters. The van der Waals surface area contributed by atoms with E-state index in [1.54, 1.807) is 6.20 Å². The lowest BCUT2D eigenvalue weighted by Crippen LogP contribution is -2.00. The number of anilines is 1. The second-order valence-corrected chi connectivity index (χ2v) is 2.71. The number of aliphatic imine (C=N–C) groups is 1. The Balaban J connectivity index is 2.63. The highest BCUT2D eigenvalue weighted by Gasteiger charge is 1.91. The van der Waals surface area contributed by atoms with Crippen LogP contribution in [-0.2, 0) is 0 Å². The van der Waals surface area contributed by atoms with Crippen LogP contribution in [0.3, 0.4) is 0 Å². The van der Waals surface area contributed by atoms with Crippen LogP contribution in [0.5, 0.6) is 0 Å². The van der Waals surface area contributed by atoms with Gasteiger partial charge in [-0.25, -0.2) is 4.98 Å². The van der Waals surface area contributed by atoms with Gasteiger partial charge in [0.2, 0.25) is 0 Å². The van der Waals surface area contributed by atoms with E-state index < -0.39 is 0 Å². The largest absolute Gasteiger partial charge is 0.370 e. The predicted octanol–water partition coefficient (Wildman–Crippen LogP) is 2.64. The van der Waals surface area contributed by atoms with E-state index in [0.29, 0.717) is 0 Å². The van der Waals surface area contributed by atoms with Gasteiger partial charge >= 0.3 is 0 Å². The van der Waals surface area contributed by atoms with Gasteiger partial charge in [0.1, 0.15) is 5.82 Å². The van der Waals surface area contributed by atoms with E-state index in [4.69, 9.17) is 0 Å². The van der Waals surface area contributed by atoms with E-state index in [2.05, 4.69) is 39.6 Å². The molecule has 0 saturated heterocycles. The van der Waals surface area contributed by atoms with Gasteiger partial charge in [-0.2, -0.15) is 4.99 Å². The molecule has 3 nitrogen and oxygen atoms in total. The minimum Gasteiger partial charge on any atom is -0.370 e. The van der Waals surface area contributed by atoms with Crippen molar-refractivity contribution in [2.75, 3.05) is 11.9 Å². The van der Waals surface area contributed by atoms with Crippen LogP contribution < -0.4 is 5.32 Å². The van der Waals surface area contributed by atoms with Gasteiger partial charge < -0.3 is 5.32 Å². The minimum atomic E-state index is 0.733. The van der Waals surface area contributed by atoms with Crippen LogP contribution in [0.15, 0.2) is 23.3 Å². The highest BCUT2D eigenvalue weighted by Crippen LogP contribution is 2.11. The molecule has 1 aromatic rings. The molecule has 0 aliphatic heterocycles. The Morgan fingerprint density at radius 2 is 2.46 bits per heavy atom. The molecule has 0 radical (unpaired) electrons. The monoisotopic (exact) mass is 193 g/mol. The fourth-order valence-corrected chi connectivity index (χ4v) is 0.968. The summed E-state index contributed by atoms with van der Waals surface area (Å²) in [6, 6.07) is 3.73. The molecular weight excluding hydrogens is 182 g/mol. The lowest BCUT2D eigenvalue weighted by atomic mass is 10.4. The maximum atomic E-state index is 4.48. The summed E-state index contributed by atoms with van der Waals surface area (Å²) in [5, 5.41) is 5.46. The van der Waals surface area contributed by atoms with Gasteiger partial charge in [0, 0.05) is 6.54 Å². The average Bonchev–Trinajstić information content (AvgIpc) is 2.17. The predicted molar refractivity (Wildman–Crippen MR) is 57.7 cm³/mol. The van der Waals surface area contributed by atoms with Gasteiger partial charge in [-0.1, -0.05) is 6.92 Å². The Kier molecular flexibility index (Phi) is 4.09. The Hall–Kier alpha value is -1.25. The molecule has 0 unspecified atom stereocenters. The molecule has 0 bridgehead atoms. The van der Waals surface area contributed by atoms with Crippen LogP contribution in [0.4, 0.5) is 11.5 Å². The van der Waals surface area contributed by atoms with Crippen molar-refractivity contribution in [1.82, 2.24) is 4.98 Å². The van der Waals surface area contributed by atoms with Crippen molar-refractivity contribution in [3.8, 4) is 0 Å². The van der Waals surface area contributed by atoms with Crippen LogP contribution in [0.2, 0.25) is 0 Å². The zero-order valence-electron chi connectivity index (χ0n) is 7.45. The third-order valence-electron chi connectivity index (χ3n) is 1.48. The molecule has 0 spiro atoms. The molecule has 0 aromatic carbocycles. The van der Waals surface area contributed by atoms with Gasteiger partial charge in [-0.15, -0.1) is 0 Å². The second kappa shape index (κ2) is 5.41. The van der Waals surface area contributed by atoms with Crippen LogP contribution >= 0.6 is 12.2 Å². The Labute approximate surface area is 82.9 Å². The maximum absolute atomic E-state index is 4.48. The fourth-order valence-electron chi connectivity index (χ4n) is 0.863. The van der Waals surface area contributed by atoms with Crippen molar-refractivity contribution >= 4 is 28.9 Å². The molecule has 1 aromatic heterocycles. The molecular formula is C9H11N3S. The fraction of sp³-hybridized carbons (Fsp3) is 0.333. The van der Waals surface area contributed by atoms with Gasteiger partial charge in [0.15, 0.2) is 0 Å². The average molecular weight is 193 g/mol. The molecule has 0 fully saturated rings. The van der Waals surface area contributed by atoms with E-state index in [-0.39, 0.29) is 0 Å². The highest BCUT2D eigenvalue weighted by molar-refractivity contribution is 7.78. The first-order valence-electron chi connectivity index (χ1n) is 4.14. The summed E-state index contributed by atoms with van der Waals surface area (Å²) in [6.07, 6.45) is 2.75. The summed E-state index contributed by atoms with van der Waals surface area (Å²) < 4.78 is 0. The van der Waals surface area contributed by atoms with Gasteiger partial charge in [-0.05, 0) is 30.8 Å². The topological polar surface area (TPSA) is 37.3 Å². The number of rotatable bonds is 4. The zero-order chi connectivity index (χ0) is 9.52. The lowest BCUT2D eigenvalue weighted by Gasteiger charge is -2.02. The molecule has 0 saturated carbocycles. The standard InChI is InChI=1S/C9H11N3S/c1-2-5-10-9-4-3-8(6-11-9)12-7-13/h3-4,6H,2,5H2,1H3,(H,10,11). The molecule has 68 valence electrons. The number of nitrogens with one attached hydrogen (secondary N) is 1. The summed E-state index contributed by atoms with van der Waals surface area (Å²) in [5.41, 5.74) is 0.733. The summed E-state index contributed by atoms with van der Waals surface area (Å²) in [7, 11) is 0. The summed E-state index contributed by atoms with van der Waals surface area (Å²) in [4.78, 5) is 7.95. The van der Waals surface area contributed by atoms with Crippen molar-refractivity contribution in [3.63, 3.8) is 0 Å². The number of pyridine rings is 1. The highest BCUT2D eigenvalue weighted by atomic mass is 32.1. The van der Waals surface area contributed by atoms with Crippen molar-refractivity contribution in [2.24, 2.45) is 4.99 Å². The van der Waals surface area contributed by atoms with Crippen molar-refractivity contribution in [3.05, 3.63) is 18.3 Å². The smallest absolute Gasteiger partial charge is 0.126 e. The van der Waals surface area contributed by atoms with Gasteiger partial charge in [0.05, 0.1) is 17.0 Å². The van der Waals surface area contributed by atoms with Crippen LogP contribution in [-0.4, -0.2) is 16.7 Å². The molecule has 0 amide bonds. The number of nitrogens with zero attached hydrogens (tertiary/aromatic N) is 2. The number of hydrogen-bond acceptors (Lipinski definition) is 4. The van der Waals surface area contributed by atoms with Crippen LogP contribution in [0.25, 0.3) is 0 Å². The molecule has 1 N–H and O–H groups in total. The van der Waals surface area contributed by atoms with E-state index in [1.807, 2.05) is 12.1 Å². The van der Waals surface area contributed by atoms with Crippen LogP contribution in [0, 0.1) is 0 Å². The number of isothiocyanates is 1. The Morgan fingerprint density at radius 1 is 1.62 bits per heavy atom. The first-order valence-corrected chi connectivity index (χ1v) is 4.55. The van der Waals surface area contributed by atoms with E-state index in [0.717, 1.165) is 24.5 Å². The molecule has 0 aliphatic carbocycles. The zero-order valence-corrected chi connectivity index (χ0v) is 8.27. The van der Waals surface area contributed by atoms with Crippen molar-refractivity contribution in [2.45, 2.75) is 13.3 Å². The summed E-state index contributed by atoms with van der Waals surface area (Å²) in [6.45, 7) is 3.04. The Bertz CT molecular complexity index is 301. The first kappa shape index (κ1) is 9.84. The normalized spacial score (nSPS) is 9.00. The second-order valence-electron chi connectivity index (χ2n) is 2.53. The first-order chi connectivity index (χ1) is 6.36. The lowest BCUT2D eigenvalue weighted by molar-refractivity contribution is 0.969. The Morgan fingerprint density at radius 3 is 3.00 bits per heavy atom. The number of thiocarbonyl (C=S) groups is 1. The quantitative estimate of drug-likeness (QED) is 0.590. The van der Waals surface area contributed by atoms with Gasteiger partial charge in [-0.3, -0.25) is 0 Å². The van der Waals surface area contributed by atoms with Crippen molar-refractivity contribution in [1.29, 1.82) is 0 Å². The maximum Gasteiger partial charge on any atom is 0.126 e. The van der Waals surface area contributed by atoms with E-state index in [1.165, 1.54) is 0 Å². The van der Waals surface area contributed by atoms with E-state index in [9.17, 15) is 0 Å². The summed E-state index contributed by atoms with van der Waals surface area (Å²) >= 11 is 4.48. The number of aromatic nitrogens is 1. The van der Waals surface area contributed by atoms with E-state index >= 15 is 0 Å². The third-order valence-corrected chi connectivity index (χ3v) is 1.57. The van der Waals surface area contributed by atoms with Crippen LogP contribution in [0.1, 0.15) is 13.3 Å².